The molecule has 2 saturated heterocycles. The normalized spacial score (nSPS) is 30.0. The highest BCUT2D eigenvalue weighted by Gasteiger charge is 2.32. The Kier molecular flexibility index (Phi) is 6.32. The first-order valence-electron chi connectivity index (χ1n) is 7.43. The number of rotatable bonds is 4. The average Bonchev–Trinajstić information content (AvgIpc) is 2.88. The van der Waals surface area contributed by atoms with Gasteiger partial charge in [0.2, 0.25) is 0 Å². The summed E-state index contributed by atoms with van der Waals surface area (Å²) in [7, 11) is 0. The number of nitrogens with one attached hydrogen (secondary N) is 2. The summed E-state index contributed by atoms with van der Waals surface area (Å²) in [6.45, 7) is 4.63. The maximum absolute atomic E-state index is 9.60. The van der Waals surface area contributed by atoms with E-state index in [4.69, 9.17) is 20.0 Å². The molecule has 0 amide bonds. The monoisotopic (exact) mass is 312 g/mol. The molecule has 4 N–H and O–H groups in total. The molecule has 2 aliphatic heterocycles. The molecule has 0 saturated carbocycles. The van der Waals surface area contributed by atoms with E-state index in [0.29, 0.717) is 19.6 Å². The molecule has 2 rings (SSSR count). The first-order valence-corrected chi connectivity index (χ1v) is 7.43. The van der Waals surface area contributed by atoms with Gasteiger partial charge in [-0.3, -0.25) is 5.41 Å². The average molecular weight is 312 g/mol. The van der Waals surface area contributed by atoms with Gasteiger partial charge in [-0.1, -0.05) is 0 Å². The van der Waals surface area contributed by atoms with E-state index in [1.165, 1.54) is 6.08 Å². The summed E-state index contributed by atoms with van der Waals surface area (Å²) in [5, 5.41) is 29.4. The minimum Gasteiger partial charge on any atom is -0.394 e. The van der Waals surface area contributed by atoms with Crippen LogP contribution in [0.1, 0.15) is 13.3 Å². The lowest BCUT2D eigenvalue weighted by Crippen LogP contribution is -2.39. The summed E-state index contributed by atoms with van der Waals surface area (Å²) in [5.41, 5.74) is 0. The van der Waals surface area contributed by atoms with E-state index in [9.17, 15) is 5.11 Å². The van der Waals surface area contributed by atoms with Gasteiger partial charge in [0.15, 0.2) is 0 Å². The SMILES string of the molecule is CC(=NC(=N)/C=C\N[C@H]1CC(O)[C@@H](CO)O1)N1CCOCC1. The first kappa shape index (κ1) is 16.9. The smallest absolute Gasteiger partial charge is 0.147 e. The van der Waals surface area contributed by atoms with Crippen LogP contribution in [0.25, 0.3) is 0 Å². The maximum atomic E-state index is 9.60. The first-order chi connectivity index (χ1) is 10.6. The lowest BCUT2D eigenvalue weighted by Gasteiger charge is -2.28. The molecular weight excluding hydrogens is 288 g/mol. The van der Waals surface area contributed by atoms with Crippen LogP contribution in [0.5, 0.6) is 0 Å². The molecule has 1 unspecified atom stereocenters. The lowest BCUT2D eigenvalue weighted by molar-refractivity contribution is -0.0270. The topological polar surface area (TPSA) is 110 Å². The van der Waals surface area contributed by atoms with Gasteiger partial charge in [-0.15, -0.1) is 0 Å². The Bertz CT molecular complexity index is 435. The number of nitrogens with zero attached hydrogens (tertiary/aromatic N) is 2. The van der Waals surface area contributed by atoms with Crippen LogP contribution >= 0.6 is 0 Å². The molecule has 0 bridgehead atoms. The van der Waals surface area contributed by atoms with Crippen LogP contribution in [-0.2, 0) is 9.47 Å². The lowest BCUT2D eigenvalue weighted by atomic mass is 10.2. The number of amidine groups is 2. The molecule has 0 aromatic heterocycles. The molecule has 2 heterocycles. The van der Waals surface area contributed by atoms with Crippen LogP contribution in [0.2, 0.25) is 0 Å². The van der Waals surface area contributed by atoms with Crippen molar-refractivity contribution in [3.63, 3.8) is 0 Å². The highest BCUT2D eigenvalue weighted by atomic mass is 16.5. The molecule has 0 aliphatic carbocycles. The summed E-state index contributed by atoms with van der Waals surface area (Å²) in [5.74, 6) is 0.930. The number of aliphatic hydroxyl groups is 2. The summed E-state index contributed by atoms with van der Waals surface area (Å²) in [6, 6.07) is 0. The molecular formula is C14H24N4O4. The standard InChI is InChI=1S/C14H24N4O4/c1-10(18-4-6-21-7-5-18)17-13(15)2-3-16-14-8-11(20)12(9-19)22-14/h2-3,11-12,14-16,19-20H,4-9H2,1H3/b3-2-,15-13?,17-10?/t11?,12-,14-/m1/s1. The van der Waals surface area contributed by atoms with Crippen molar-refractivity contribution in [2.24, 2.45) is 4.99 Å². The van der Waals surface area contributed by atoms with E-state index in [1.54, 1.807) is 6.20 Å². The van der Waals surface area contributed by atoms with Crippen molar-refractivity contribution in [2.45, 2.75) is 31.8 Å². The number of ether oxygens (including phenoxy) is 2. The summed E-state index contributed by atoms with van der Waals surface area (Å²) in [6.07, 6.45) is 1.94. The van der Waals surface area contributed by atoms with Gasteiger partial charge in [0, 0.05) is 25.7 Å². The molecule has 0 spiro atoms. The van der Waals surface area contributed by atoms with Crippen LogP contribution in [-0.4, -0.2) is 78.1 Å². The number of aliphatic hydroxyl groups excluding tert-OH is 2. The largest absolute Gasteiger partial charge is 0.394 e. The molecule has 8 heteroatoms. The molecule has 8 nitrogen and oxygen atoms in total. The van der Waals surface area contributed by atoms with Crippen molar-refractivity contribution in [3.05, 3.63) is 12.3 Å². The Balaban J connectivity index is 1.76. The summed E-state index contributed by atoms with van der Waals surface area (Å²) < 4.78 is 10.7. The van der Waals surface area contributed by atoms with Gasteiger partial charge in [-0.25, -0.2) is 4.99 Å². The highest BCUT2D eigenvalue weighted by Crippen LogP contribution is 2.18. The van der Waals surface area contributed by atoms with E-state index < -0.39 is 12.2 Å². The Morgan fingerprint density at radius 1 is 1.45 bits per heavy atom. The fourth-order valence-corrected chi connectivity index (χ4v) is 2.40. The Morgan fingerprint density at radius 2 is 2.18 bits per heavy atom. The van der Waals surface area contributed by atoms with Gasteiger partial charge in [-0.2, -0.15) is 0 Å². The predicted molar refractivity (Wildman–Crippen MR) is 81.9 cm³/mol. The minimum absolute atomic E-state index is 0.133. The van der Waals surface area contributed by atoms with Gasteiger partial charge in [0.1, 0.15) is 24.0 Å². The van der Waals surface area contributed by atoms with E-state index >= 15 is 0 Å². The maximum Gasteiger partial charge on any atom is 0.147 e. The van der Waals surface area contributed by atoms with Crippen molar-refractivity contribution in [2.75, 3.05) is 32.9 Å². The minimum atomic E-state index is -0.670. The van der Waals surface area contributed by atoms with Crippen molar-refractivity contribution >= 4 is 11.7 Å². The van der Waals surface area contributed by atoms with Crippen molar-refractivity contribution in [3.8, 4) is 0 Å². The highest BCUT2D eigenvalue weighted by molar-refractivity contribution is 6.00. The van der Waals surface area contributed by atoms with Crippen LogP contribution in [0.3, 0.4) is 0 Å². The van der Waals surface area contributed by atoms with Crippen molar-refractivity contribution in [1.29, 1.82) is 5.41 Å². The fourth-order valence-electron chi connectivity index (χ4n) is 2.40. The molecule has 3 atom stereocenters. The quantitative estimate of drug-likeness (QED) is 0.403. The second-order valence-corrected chi connectivity index (χ2v) is 5.29. The number of hydrogen-bond acceptors (Lipinski definition) is 6. The summed E-state index contributed by atoms with van der Waals surface area (Å²) >= 11 is 0. The fraction of sp³-hybridized carbons (Fsp3) is 0.714. The molecule has 0 aromatic rings. The number of hydrogen-bond donors (Lipinski definition) is 4. The zero-order valence-corrected chi connectivity index (χ0v) is 12.7. The van der Waals surface area contributed by atoms with Gasteiger partial charge >= 0.3 is 0 Å². The van der Waals surface area contributed by atoms with Gasteiger partial charge in [0.25, 0.3) is 0 Å². The van der Waals surface area contributed by atoms with Crippen LogP contribution < -0.4 is 5.32 Å². The predicted octanol–water partition coefficient (Wildman–Crippen LogP) is -0.714. The zero-order valence-electron chi connectivity index (χ0n) is 12.7. The Hall–Kier alpha value is -1.48. The Labute approximate surface area is 129 Å². The van der Waals surface area contributed by atoms with E-state index in [2.05, 4.69) is 15.2 Å². The van der Waals surface area contributed by atoms with Crippen molar-refractivity contribution < 1.29 is 19.7 Å². The van der Waals surface area contributed by atoms with Gasteiger partial charge in [0.05, 0.1) is 25.9 Å². The van der Waals surface area contributed by atoms with Crippen LogP contribution in [0, 0.1) is 5.41 Å². The van der Waals surface area contributed by atoms with Crippen LogP contribution in [0.4, 0.5) is 0 Å². The molecule has 2 fully saturated rings. The number of aliphatic imine (C=N–C) groups is 1. The Morgan fingerprint density at radius 3 is 2.82 bits per heavy atom. The third-order valence-electron chi connectivity index (χ3n) is 3.68. The van der Waals surface area contributed by atoms with Gasteiger partial charge < -0.3 is 29.9 Å². The van der Waals surface area contributed by atoms with Crippen LogP contribution in [0.15, 0.2) is 17.3 Å². The molecule has 0 radical (unpaired) electrons. The van der Waals surface area contributed by atoms with Crippen molar-refractivity contribution in [1.82, 2.24) is 10.2 Å². The van der Waals surface area contributed by atoms with E-state index in [1.807, 2.05) is 6.92 Å². The number of morpholine rings is 1. The second kappa shape index (κ2) is 8.23. The van der Waals surface area contributed by atoms with Gasteiger partial charge in [-0.05, 0) is 13.0 Å². The zero-order chi connectivity index (χ0) is 15.9. The molecule has 2 aliphatic rings. The van der Waals surface area contributed by atoms with E-state index in [-0.39, 0.29) is 18.7 Å². The molecule has 0 aromatic carbocycles. The third kappa shape index (κ3) is 4.77. The molecule has 22 heavy (non-hydrogen) atoms. The second-order valence-electron chi connectivity index (χ2n) is 5.29. The summed E-state index contributed by atoms with van der Waals surface area (Å²) in [4.78, 5) is 6.31. The molecule has 124 valence electrons. The third-order valence-corrected chi connectivity index (χ3v) is 3.68. The van der Waals surface area contributed by atoms with E-state index in [0.717, 1.165) is 18.9 Å².